The fraction of sp³-hybridized carbons (Fsp3) is 0.568. The Morgan fingerprint density at radius 3 is 1.38 bits per heavy atom. The lowest BCUT2D eigenvalue weighted by atomic mass is 9.99. The molecule has 3 heteroatoms. The van der Waals surface area contributed by atoms with E-state index in [1.165, 1.54) is 151 Å². The average molecular weight is 664 g/mol. The van der Waals surface area contributed by atoms with E-state index in [0.29, 0.717) is 0 Å². The van der Waals surface area contributed by atoms with Gasteiger partial charge in [-0.1, -0.05) is 158 Å². The SMILES string of the molecule is C1=CCC(=C(c2ccccc2)P(C2CCCCC2)C2CCCCC2)C(N=C(c2ccccc2)P(C2CCCCC2)C2CCCCC2)=C1. The molecule has 0 amide bonds. The second kappa shape index (κ2) is 17.2. The Morgan fingerprint density at radius 2 is 0.915 bits per heavy atom. The largest absolute Gasteiger partial charge is 0.248 e. The van der Waals surface area contributed by atoms with E-state index in [-0.39, 0.29) is 15.8 Å². The molecule has 5 aliphatic rings. The molecule has 0 spiro atoms. The predicted octanol–water partition coefficient (Wildman–Crippen LogP) is 14.0. The summed E-state index contributed by atoms with van der Waals surface area (Å²) in [6.45, 7) is 0. The molecule has 4 fully saturated rings. The summed E-state index contributed by atoms with van der Waals surface area (Å²) in [6, 6.07) is 23.3. The Kier molecular flexibility index (Phi) is 12.3. The summed E-state index contributed by atoms with van der Waals surface area (Å²) in [4.78, 5) is 6.06. The molecule has 5 aliphatic carbocycles. The second-order valence-corrected chi connectivity index (χ2v) is 20.6. The first-order chi connectivity index (χ1) is 23.4. The van der Waals surface area contributed by atoms with Gasteiger partial charge < -0.3 is 0 Å². The molecule has 2 aromatic rings. The van der Waals surface area contributed by atoms with Gasteiger partial charge in [-0.2, -0.15) is 0 Å². The number of hydrogen-bond donors (Lipinski definition) is 0. The third kappa shape index (κ3) is 8.33. The van der Waals surface area contributed by atoms with Crippen molar-refractivity contribution in [3.8, 4) is 0 Å². The molecule has 0 bridgehead atoms. The van der Waals surface area contributed by atoms with Gasteiger partial charge >= 0.3 is 0 Å². The van der Waals surface area contributed by atoms with Gasteiger partial charge in [0.1, 0.15) is 0 Å². The number of allylic oxidation sites excluding steroid dienone is 4. The van der Waals surface area contributed by atoms with Crippen LogP contribution >= 0.6 is 15.8 Å². The maximum Gasteiger partial charge on any atom is 0.0715 e. The molecule has 0 atom stereocenters. The summed E-state index contributed by atoms with van der Waals surface area (Å²) in [5.74, 6) is 0. The predicted molar refractivity (Wildman–Crippen MR) is 210 cm³/mol. The maximum atomic E-state index is 6.06. The Morgan fingerprint density at radius 1 is 0.489 bits per heavy atom. The van der Waals surface area contributed by atoms with E-state index in [1.807, 2.05) is 0 Å². The van der Waals surface area contributed by atoms with E-state index in [0.717, 1.165) is 29.1 Å². The topological polar surface area (TPSA) is 12.4 Å². The summed E-state index contributed by atoms with van der Waals surface area (Å²) in [5, 5.41) is 1.74. The molecule has 7 rings (SSSR count). The zero-order valence-electron chi connectivity index (χ0n) is 29.0. The van der Waals surface area contributed by atoms with E-state index in [1.54, 1.807) is 10.9 Å². The first-order valence-corrected chi connectivity index (χ1v) is 22.7. The molecule has 1 nitrogen and oxygen atoms in total. The lowest BCUT2D eigenvalue weighted by molar-refractivity contribution is 0.487. The number of nitrogens with zero attached hydrogens (tertiary/aromatic N) is 1. The highest BCUT2D eigenvalue weighted by molar-refractivity contribution is 7.77. The normalized spacial score (nSPS) is 24.1. The Bertz CT molecular complexity index is 1340. The fourth-order valence-corrected chi connectivity index (χ4v) is 17.6. The molecule has 0 radical (unpaired) electrons. The quantitative estimate of drug-likeness (QED) is 0.187. The summed E-state index contributed by atoms with van der Waals surface area (Å²) in [7, 11) is -0.590. The van der Waals surface area contributed by atoms with Crippen molar-refractivity contribution in [3.05, 3.63) is 101 Å². The molecule has 0 heterocycles. The molecule has 0 N–H and O–H groups in total. The Balaban J connectivity index is 1.39. The zero-order chi connectivity index (χ0) is 31.7. The molecule has 2 aromatic carbocycles. The maximum absolute atomic E-state index is 6.06. The van der Waals surface area contributed by atoms with E-state index in [2.05, 4.69) is 78.9 Å². The lowest BCUT2D eigenvalue weighted by Gasteiger charge is -2.41. The van der Waals surface area contributed by atoms with Gasteiger partial charge in [0.05, 0.1) is 11.1 Å². The van der Waals surface area contributed by atoms with Gasteiger partial charge in [0.2, 0.25) is 0 Å². The van der Waals surface area contributed by atoms with E-state index in [9.17, 15) is 0 Å². The van der Waals surface area contributed by atoms with Crippen LogP contribution in [-0.4, -0.2) is 28.1 Å². The number of hydrogen-bond acceptors (Lipinski definition) is 1. The van der Waals surface area contributed by atoms with Crippen LogP contribution in [0.2, 0.25) is 0 Å². The Hall–Kier alpha value is -1.81. The van der Waals surface area contributed by atoms with Crippen LogP contribution in [0.15, 0.2) is 95.2 Å². The van der Waals surface area contributed by atoms with Crippen molar-refractivity contribution in [1.82, 2.24) is 0 Å². The van der Waals surface area contributed by atoms with Crippen LogP contribution in [0.1, 0.15) is 146 Å². The lowest BCUT2D eigenvalue weighted by Crippen LogP contribution is -2.25. The molecule has 0 unspecified atom stereocenters. The monoisotopic (exact) mass is 663 g/mol. The van der Waals surface area contributed by atoms with Gasteiger partial charge in [0, 0.05) is 5.56 Å². The minimum Gasteiger partial charge on any atom is -0.248 e. The number of rotatable bonds is 9. The molecule has 250 valence electrons. The summed E-state index contributed by atoms with van der Waals surface area (Å²) in [5.41, 5.74) is 10.7. The first-order valence-electron chi connectivity index (χ1n) is 19.7. The molecule has 0 aromatic heterocycles. The molecule has 0 saturated heterocycles. The Labute approximate surface area is 289 Å². The van der Waals surface area contributed by atoms with Gasteiger partial charge in [-0.25, -0.2) is 4.99 Å². The van der Waals surface area contributed by atoms with Crippen LogP contribution in [0.3, 0.4) is 0 Å². The van der Waals surface area contributed by atoms with Crippen molar-refractivity contribution in [2.75, 3.05) is 0 Å². The van der Waals surface area contributed by atoms with Crippen molar-refractivity contribution < 1.29 is 0 Å². The zero-order valence-corrected chi connectivity index (χ0v) is 30.8. The molecular weight excluding hydrogens is 604 g/mol. The molecule has 4 saturated carbocycles. The van der Waals surface area contributed by atoms with Crippen molar-refractivity contribution in [2.45, 2.75) is 157 Å². The van der Waals surface area contributed by atoms with Crippen molar-refractivity contribution >= 4 is 26.6 Å². The van der Waals surface area contributed by atoms with Crippen molar-refractivity contribution in [3.63, 3.8) is 0 Å². The third-order valence-electron chi connectivity index (χ3n) is 12.0. The van der Waals surface area contributed by atoms with Crippen molar-refractivity contribution in [1.29, 1.82) is 0 Å². The summed E-state index contributed by atoms with van der Waals surface area (Å²) >= 11 is 0. The number of aliphatic imine (C=N–C) groups is 1. The van der Waals surface area contributed by atoms with Crippen LogP contribution in [-0.2, 0) is 0 Å². The highest BCUT2D eigenvalue weighted by Gasteiger charge is 2.38. The minimum atomic E-state index is -0.326. The van der Waals surface area contributed by atoms with Crippen LogP contribution in [0.5, 0.6) is 0 Å². The molecule has 0 aliphatic heterocycles. The van der Waals surface area contributed by atoms with Crippen LogP contribution in [0.4, 0.5) is 0 Å². The first kappa shape index (κ1) is 33.7. The highest BCUT2D eigenvalue weighted by atomic mass is 31.1. The highest BCUT2D eigenvalue weighted by Crippen LogP contribution is 2.66. The third-order valence-corrected chi connectivity index (χ3v) is 19.1. The second-order valence-electron chi connectivity index (χ2n) is 15.2. The summed E-state index contributed by atoms with van der Waals surface area (Å²) < 4.78 is 0. The van der Waals surface area contributed by atoms with Gasteiger partial charge in [-0.3, -0.25) is 0 Å². The standard InChI is InChI=1S/C44H59NP2/c1-7-21-35(22-8-1)43(46(37-25-11-3-12-26-37)38-27-13-4-14-28-38)41-33-19-20-34-42(41)45-44(36-23-9-2-10-24-36)47(39-29-15-5-16-30-39)40-31-17-6-18-32-40/h1-2,7-10,19-24,34,37-40H,3-6,11-18,25-33H2. The van der Waals surface area contributed by atoms with E-state index < -0.39 is 0 Å². The van der Waals surface area contributed by atoms with Crippen LogP contribution in [0.25, 0.3) is 5.31 Å². The van der Waals surface area contributed by atoms with Gasteiger partial charge in [0.25, 0.3) is 0 Å². The van der Waals surface area contributed by atoms with E-state index >= 15 is 0 Å². The van der Waals surface area contributed by atoms with Gasteiger partial charge in [-0.05, 0) is 111 Å². The molecular formula is C44H59NP2. The van der Waals surface area contributed by atoms with Crippen LogP contribution < -0.4 is 0 Å². The smallest absolute Gasteiger partial charge is 0.0715 e. The van der Waals surface area contributed by atoms with E-state index in [4.69, 9.17) is 4.99 Å². The minimum absolute atomic E-state index is 0.264. The van der Waals surface area contributed by atoms with Gasteiger partial charge in [-0.15, -0.1) is 0 Å². The van der Waals surface area contributed by atoms with Gasteiger partial charge in [0.15, 0.2) is 0 Å². The fourth-order valence-electron chi connectivity index (χ4n) is 9.66. The van der Waals surface area contributed by atoms with Crippen molar-refractivity contribution in [2.24, 2.45) is 4.99 Å². The molecule has 47 heavy (non-hydrogen) atoms. The van der Waals surface area contributed by atoms with Crippen LogP contribution in [0, 0.1) is 0 Å². The summed E-state index contributed by atoms with van der Waals surface area (Å²) in [6.07, 6.45) is 36.8. The number of benzene rings is 2. The average Bonchev–Trinajstić information content (AvgIpc) is 3.16.